The van der Waals surface area contributed by atoms with Crippen molar-refractivity contribution < 1.29 is 26.4 Å². The van der Waals surface area contributed by atoms with Crippen molar-refractivity contribution in [2.24, 2.45) is 0 Å². The van der Waals surface area contributed by atoms with Crippen molar-refractivity contribution in [1.82, 2.24) is 4.31 Å². The number of hydrogen-bond acceptors (Lipinski definition) is 6. The van der Waals surface area contributed by atoms with E-state index in [0.29, 0.717) is 24.5 Å². The summed E-state index contributed by atoms with van der Waals surface area (Å²) in [5.41, 5.74) is 1.13. The molecule has 1 fully saturated rings. The first-order valence-corrected chi connectivity index (χ1v) is 13.3. The summed E-state index contributed by atoms with van der Waals surface area (Å²) in [6, 6.07) is 11.8. The van der Waals surface area contributed by atoms with Crippen LogP contribution in [0.3, 0.4) is 0 Å². The van der Waals surface area contributed by atoms with Crippen molar-refractivity contribution >= 4 is 52.9 Å². The maximum Gasteiger partial charge on any atom is 0.261 e. The lowest BCUT2D eigenvalue weighted by Gasteiger charge is -2.15. The third kappa shape index (κ3) is 7.59. The van der Waals surface area contributed by atoms with Crippen LogP contribution >= 0.6 is 10.7 Å². The Morgan fingerprint density at radius 2 is 1.12 bits per heavy atom. The van der Waals surface area contributed by atoms with E-state index in [0.717, 1.165) is 12.8 Å². The number of hydrogen-bond donors (Lipinski definition) is 2. The second kappa shape index (κ2) is 10.9. The van der Waals surface area contributed by atoms with Crippen LogP contribution in [0, 0.1) is 0 Å². The van der Waals surface area contributed by atoms with Gasteiger partial charge in [-0.05, 0) is 61.4 Å². The van der Waals surface area contributed by atoms with Crippen LogP contribution in [0.2, 0.25) is 0 Å². The van der Waals surface area contributed by atoms with Crippen LogP contribution in [-0.4, -0.2) is 46.0 Å². The highest BCUT2D eigenvalue weighted by Crippen LogP contribution is 2.22. The van der Waals surface area contributed by atoms with E-state index in [9.17, 15) is 26.4 Å². The third-order valence-electron chi connectivity index (χ3n) is 4.33. The van der Waals surface area contributed by atoms with E-state index in [1.165, 1.54) is 54.6 Å². The van der Waals surface area contributed by atoms with Crippen molar-refractivity contribution in [1.29, 1.82) is 0 Å². The minimum atomic E-state index is -3.69. The van der Waals surface area contributed by atoms with Gasteiger partial charge in [0.25, 0.3) is 9.05 Å². The van der Waals surface area contributed by atoms with Gasteiger partial charge in [0.1, 0.15) is 0 Å². The summed E-state index contributed by atoms with van der Waals surface area (Å²) in [7, 11) is -1.95. The second-order valence-corrected chi connectivity index (χ2v) is 11.5. The summed E-state index contributed by atoms with van der Waals surface area (Å²) in [5, 5.41) is 5.11. The number of sulfonamides is 1. The number of nitrogens with one attached hydrogen (secondary N) is 2. The first-order valence-electron chi connectivity index (χ1n) is 9.60. The maximum absolute atomic E-state index is 12.2. The molecule has 0 spiro atoms. The molecule has 1 heterocycles. The fraction of sp³-hybridized carbons (Fsp3) is 0.300. The molecule has 0 aromatic heterocycles. The molecular formula is C20H24ClN3O6S2. The molecule has 9 nitrogen and oxygen atoms in total. The van der Waals surface area contributed by atoms with E-state index in [2.05, 4.69) is 10.6 Å². The molecule has 0 aliphatic carbocycles. The monoisotopic (exact) mass is 501 g/mol. The molecule has 2 N–H and O–H groups in total. The summed E-state index contributed by atoms with van der Waals surface area (Å²) >= 11 is 0. The molecule has 0 atom stereocenters. The molecular weight excluding hydrogens is 478 g/mol. The van der Waals surface area contributed by atoms with Gasteiger partial charge in [-0.15, -0.1) is 0 Å². The number of carbonyl (C=O) groups is 2. The van der Waals surface area contributed by atoms with Crippen LogP contribution in [0.15, 0.2) is 58.3 Å². The van der Waals surface area contributed by atoms with Gasteiger partial charge in [0, 0.05) is 49.0 Å². The zero-order valence-corrected chi connectivity index (χ0v) is 19.9. The van der Waals surface area contributed by atoms with Crippen LogP contribution in [0.1, 0.15) is 26.7 Å². The highest BCUT2D eigenvalue weighted by atomic mass is 35.7. The SMILES string of the molecule is CC(=O)Nc1ccc(S(=O)(=O)Cl)cc1.CC(=O)Nc1ccc(S(=O)(=O)N2CCCC2)cc1. The minimum Gasteiger partial charge on any atom is -0.326 e. The Hall–Kier alpha value is -2.47. The molecule has 32 heavy (non-hydrogen) atoms. The fourth-order valence-electron chi connectivity index (χ4n) is 2.90. The molecule has 2 amide bonds. The Morgan fingerprint density at radius 3 is 1.47 bits per heavy atom. The molecule has 0 unspecified atom stereocenters. The summed E-state index contributed by atoms with van der Waals surface area (Å²) in [5.74, 6) is -0.392. The largest absolute Gasteiger partial charge is 0.326 e. The average molecular weight is 502 g/mol. The lowest BCUT2D eigenvalue weighted by molar-refractivity contribution is -0.115. The normalized spacial score (nSPS) is 14.2. The molecule has 2 aromatic rings. The molecule has 0 bridgehead atoms. The minimum absolute atomic E-state index is 0.00766. The first-order chi connectivity index (χ1) is 14.9. The Bertz CT molecular complexity index is 1160. The van der Waals surface area contributed by atoms with Gasteiger partial charge in [0.15, 0.2) is 0 Å². The van der Waals surface area contributed by atoms with Crippen molar-refractivity contribution in [3.8, 4) is 0 Å². The van der Waals surface area contributed by atoms with Crippen molar-refractivity contribution in [3.05, 3.63) is 48.5 Å². The maximum atomic E-state index is 12.2. The van der Waals surface area contributed by atoms with Crippen LogP contribution in [-0.2, 0) is 28.7 Å². The van der Waals surface area contributed by atoms with Gasteiger partial charge in [-0.25, -0.2) is 16.8 Å². The van der Waals surface area contributed by atoms with Gasteiger partial charge in [-0.3, -0.25) is 9.59 Å². The second-order valence-electron chi connectivity index (χ2n) is 6.96. The standard InChI is InChI=1S/C12H16N2O3S.C8H8ClNO3S/c1-10(15)13-11-4-6-12(7-5-11)18(16,17)14-8-2-3-9-14;1-6(11)10-7-2-4-8(5-3-7)14(9,12)13/h4-7H,2-3,8-9H2,1H3,(H,13,15);2-5H,1H3,(H,10,11). The predicted molar refractivity (Wildman–Crippen MR) is 123 cm³/mol. The van der Waals surface area contributed by atoms with Gasteiger partial charge >= 0.3 is 0 Å². The molecule has 12 heteroatoms. The van der Waals surface area contributed by atoms with E-state index < -0.39 is 19.1 Å². The number of amides is 2. The van der Waals surface area contributed by atoms with E-state index in [1.54, 1.807) is 12.1 Å². The Balaban J connectivity index is 0.000000235. The Morgan fingerprint density at radius 1 is 0.750 bits per heavy atom. The van der Waals surface area contributed by atoms with Gasteiger partial charge < -0.3 is 10.6 Å². The topological polar surface area (TPSA) is 130 Å². The summed E-state index contributed by atoms with van der Waals surface area (Å²) < 4.78 is 47.6. The van der Waals surface area contributed by atoms with Gasteiger partial charge in [-0.2, -0.15) is 4.31 Å². The number of benzene rings is 2. The molecule has 1 aliphatic heterocycles. The summed E-state index contributed by atoms with van der Waals surface area (Å²) in [6.07, 6.45) is 1.84. The number of halogens is 1. The Labute approximate surface area is 192 Å². The van der Waals surface area contributed by atoms with Gasteiger partial charge in [0.2, 0.25) is 21.8 Å². The number of rotatable bonds is 5. The highest BCUT2D eigenvalue weighted by Gasteiger charge is 2.26. The summed E-state index contributed by atoms with van der Waals surface area (Å²) in [6.45, 7) is 3.96. The first kappa shape index (κ1) is 25.8. The van der Waals surface area contributed by atoms with E-state index in [4.69, 9.17) is 10.7 Å². The molecule has 3 rings (SSSR count). The van der Waals surface area contributed by atoms with Crippen LogP contribution < -0.4 is 10.6 Å². The van der Waals surface area contributed by atoms with Crippen molar-refractivity contribution in [3.63, 3.8) is 0 Å². The van der Waals surface area contributed by atoms with Crippen molar-refractivity contribution in [2.75, 3.05) is 23.7 Å². The van der Waals surface area contributed by atoms with Crippen molar-refractivity contribution in [2.45, 2.75) is 36.5 Å². The predicted octanol–water partition coefficient (Wildman–Crippen LogP) is 3.00. The van der Waals surface area contributed by atoms with Gasteiger partial charge in [0.05, 0.1) is 9.79 Å². The van der Waals surface area contributed by atoms with E-state index in [1.807, 2.05) is 0 Å². The molecule has 1 aliphatic rings. The number of anilines is 2. The van der Waals surface area contributed by atoms with E-state index in [-0.39, 0.29) is 21.6 Å². The van der Waals surface area contributed by atoms with Crippen LogP contribution in [0.4, 0.5) is 11.4 Å². The smallest absolute Gasteiger partial charge is 0.261 e. The number of nitrogens with zero attached hydrogens (tertiary/aromatic N) is 1. The molecule has 2 aromatic carbocycles. The number of carbonyl (C=O) groups excluding carboxylic acids is 2. The lowest BCUT2D eigenvalue weighted by atomic mass is 10.3. The molecule has 0 saturated carbocycles. The molecule has 0 radical (unpaired) electrons. The van der Waals surface area contributed by atoms with Crippen LogP contribution in [0.25, 0.3) is 0 Å². The van der Waals surface area contributed by atoms with E-state index >= 15 is 0 Å². The lowest BCUT2D eigenvalue weighted by Crippen LogP contribution is -2.27. The fourth-order valence-corrected chi connectivity index (χ4v) is 5.18. The zero-order chi connectivity index (χ0) is 23.9. The molecule has 1 saturated heterocycles. The highest BCUT2D eigenvalue weighted by molar-refractivity contribution is 8.13. The zero-order valence-electron chi connectivity index (χ0n) is 17.5. The quantitative estimate of drug-likeness (QED) is 0.606. The average Bonchev–Trinajstić information content (AvgIpc) is 3.23. The van der Waals surface area contributed by atoms with Crippen LogP contribution in [0.5, 0.6) is 0 Å². The summed E-state index contributed by atoms with van der Waals surface area (Å²) in [4.78, 5) is 21.8. The van der Waals surface area contributed by atoms with Gasteiger partial charge in [-0.1, -0.05) is 0 Å². The Kier molecular flexibility index (Phi) is 8.79. The third-order valence-corrected chi connectivity index (χ3v) is 7.62. The molecule has 174 valence electrons.